The number of hydrogen-bond acceptors (Lipinski definition) is 8. The van der Waals surface area contributed by atoms with Crippen LogP contribution < -0.4 is 44.6 Å². The molecule has 0 heterocycles. The van der Waals surface area contributed by atoms with E-state index in [4.69, 9.17) is 28.7 Å². The third-order valence-corrected chi connectivity index (χ3v) is 4.87. The van der Waals surface area contributed by atoms with Crippen LogP contribution in [0.2, 0.25) is 0 Å². The number of rotatable bonds is 18. The molecule has 4 atom stereocenters. The summed E-state index contributed by atoms with van der Waals surface area (Å²) in [5.41, 5.74) is 26.7. The zero-order valence-corrected chi connectivity index (χ0v) is 20.7. The topological polar surface area (TPSA) is 281 Å². The number of amides is 5. The molecule has 0 aromatic heterocycles. The molecule has 0 unspecified atom stereocenters. The molecule has 36 heavy (non-hydrogen) atoms. The van der Waals surface area contributed by atoms with E-state index in [0.717, 1.165) is 0 Å². The normalized spacial score (nSPS) is 14.0. The van der Waals surface area contributed by atoms with E-state index in [1.807, 2.05) is 13.8 Å². The number of nitrogens with one attached hydrogen (secondary N) is 3. The molecule has 0 aliphatic rings. The fourth-order valence-electron chi connectivity index (χ4n) is 3.11. The summed E-state index contributed by atoms with van der Waals surface area (Å²) in [4.78, 5) is 76.0. The number of guanidine groups is 1. The van der Waals surface area contributed by atoms with Gasteiger partial charge < -0.3 is 49.4 Å². The predicted molar refractivity (Wildman–Crippen MR) is 131 cm³/mol. The average molecular weight is 514 g/mol. The van der Waals surface area contributed by atoms with Crippen molar-refractivity contribution >= 4 is 41.8 Å². The third-order valence-electron chi connectivity index (χ3n) is 4.87. The minimum Gasteiger partial charge on any atom is -0.370 e. The first-order valence-corrected chi connectivity index (χ1v) is 11.5. The molecule has 0 spiro atoms. The Bertz CT molecular complexity index is 814. The van der Waals surface area contributed by atoms with Gasteiger partial charge in [0.1, 0.15) is 18.4 Å². The van der Waals surface area contributed by atoms with Crippen molar-refractivity contribution in [3.63, 3.8) is 0 Å². The Kier molecular flexibility index (Phi) is 15.1. The van der Waals surface area contributed by atoms with E-state index in [2.05, 4.69) is 20.9 Å². The van der Waals surface area contributed by atoms with Gasteiger partial charge in [-0.15, -0.1) is 0 Å². The lowest BCUT2D eigenvalue weighted by molar-refractivity contribution is -0.134. The maximum absolute atomic E-state index is 12.9. The van der Waals surface area contributed by atoms with E-state index in [9.17, 15) is 28.8 Å². The van der Waals surface area contributed by atoms with Gasteiger partial charge in [0.15, 0.2) is 5.96 Å². The van der Waals surface area contributed by atoms with E-state index in [1.54, 1.807) is 0 Å². The van der Waals surface area contributed by atoms with Crippen LogP contribution in [0.3, 0.4) is 0 Å². The highest BCUT2D eigenvalue weighted by Gasteiger charge is 2.30. The maximum Gasteiger partial charge on any atom is 0.243 e. The van der Waals surface area contributed by atoms with Crippen LogP contribution in [0.4, 0.5) is 0 Å². The number of nitrogens with zero attached hydrogens (tertiary/aromatic N) is 1. The van der Waals surface area contributed by atoms with Gasteiger partial charge in [0.25, 0.3) is 0 Å². The number of primary amides is 2. The van der Waals surface area contributed by atoms with E-state index < -0.39 is 60.1 Å². The smallest absolute Gasteiger partial charge is 0.243 e. The Labute approximate surface area is 209 Å². The minimum atomic E-state index is -1.45. The second-order valence-electron chi connectivity index (χ2n) is 8.73. The van der Waals surface area contributed by atoms with Crippen LogP contribution in [-0.4, -0.2) is 72.5 Å². The zero-order chi connectivity index (χ0) is 27.8. The Balaban J connectivity index is 5.43. The fourth-order valence-corrected chi connectivity index (χ4v) is 3.11. The molecule has 13 N–H and O–H groups in total. The van der Waals surface area contributed by atoms with Crippen LogP contribution in [-0.2, 0) is 28.8 Å². The van der Waals surface area contributed by atoms with Crippen LogP contribution in [0.25, 0.3) is 0 Å². The standard InChI is InChI=1S/C21H39N9O6/c1-11(2)8-13(22)18(34)29-14(5-6-16(23)32)19(35)30-15(9-17(24)33)20(36)28-12(10-31)4-3-7-27-21(25)26/h10-15H,3-9,22H2,1-2H3,(H2,23,32)(H2,24,33)(H,28,36)(H,29,34)(H,30,35)(H4,25,26,27)/t12-,13-,14-,15-/m0/s1. The molecule has 0 saturated carbocycles. The summed E-state index contributed by atoms with van der Waals surface area (Å²) in [6.07, 6.45) is 0.393. The van der Waals surface area contributed by atoms with E-state index in [1.165, 1.54) is 0 Å². The van der Waals surface area contributed by atoms with Gasteiger partial charge >= 0.3 is 0 Å². The van der Waals surface area contributed by atoms with Gasteiger partial charge in [-0.2, -0.15) is 0 Å². The quantitative estimate of drug-likeness (QED) is 0.0385. The highest BCUT2D eigenvalue weighted by atomic mass is 16.2. The monoisotopic (exact) mass is 513 g/mol. The van der Waals surface area contributed by atoms with Crippen molar-refractivity contribution in [1.29, 1.82) is 0 Å². The molecule has 204 valence electrons. The molecule has 0 aromatic rings. The lowest BCUT2D eigenvalue weighted by Gasteiger charge is -2.24. The number of nitrogens with two attached hydrogens (primary N) is 5. The number of hydrogen-bond donors (Lipinski definition) is 8. The fraction of sp³-hybridized carbons (Fsp3) is 0.667. The van der Waals surface area contributed by atoms with Crippen LogP contribution >= 0.6 is 0 Å². The van der Waals surface area contributed by atoms with Gasteiger partial charge in [0.2, 0.25) is 29.5 Å². The summed E-state index contributed by atoms with van der Waals surface area (Å²) in [5.74, 6) is -3.97. The minimum absolute atomic E-state index is 0.109. The Morgan fingerprint density at radius 3 is 1.92 bits per heavy atom. The van der Waals surface area contributed by atoms with Crippen molar-refractivity contribution in [2.75, 3.05) is 6.54 Å². The Morgan fingerprint density at radius 2 is 1.42 bits per heavy atom. The molecule has 0 aliphatic carbocycles. The van der Waals surface area contributed by atoms with Gasteiger partial charge in [-0.3, -0.25) is 29.0 Å². The molecule has 0 bridgehead atoms. The average Bonchev–Trinajstić information content (AvgIpc) is 2.76. The summed E-state index contributed by atoms with van der Waals surface area (Å²) in [7, 11) is 0. The molecule has 0 aliphatic heterocycles. The van der Waals surface area contributed by atoms with Gasteiger partial charge in [-0.25, -0.2) is 0 Å². The molecule has 0 radical (unpaired) electrons. The van der Waals surface area contributed by atoms with Crippen molar-refractivity contribution in [3.05, 3.63) is 0 Å². The highest BCUT2D eigenvalue weighted by Crippen LogP contribution is 2.06. The second kappa shape index (κ2) is 16.8. The van der Waals surface area contributed by atoms with E-state index >= 15 is 0 Å². The summed E-state index contributed by atoms with van der Waals surface area (Å²) in [5, 5.41) is 7.20. The first kappa shape index (κ1) is 32.2. The molecule has 0 saturated heterocycles. The van der Waals surface area contributed by atoms with E-state index in [-0.39, 0.29) is 37.7 Å². The summed E-state index contributed by atoms with van der Waals surface area (Å²) in [6.45, 7) is 3.96. The molecular weight excluding hydrogens is 474 g/mol. The lowest BCUT2D eigenvalue weighted by atomic mass is 10.0. The lowest BCUT2D eigenvalue weighted by Crippen LogP contribution is -2.57. The van der Waals surface area contributed by atoms with E-state index in [0.29, 0.717) is 19.1 Å². The van der Waals surface area contributed by atoms with Crippen LogP contribution in [0.15, 0.2) is 4.99 Å². The summed E-state index contributed by atoms with van der Waals surface area (Å²) < 4.78 is 0. The summed E-state index contributed by atoms with van der Waals surface area (Å²) >= 11 is 0. The zero-order valence-electron chi connectivity index (χ0n) is 20.7. The van der Waals surface area contributed by atoms with Crippen molar-refractivity contribution in [3.8, 4) is 0 Å². The van der Waals surface area contributed by atoms with Crippen molar-refractivity contribution in [2.24, 2.45) is 39.6 Å². The molecule has 5 amide bonds. The van der Waals surface area contributed by atoms with Crippen LogP contribution in [0.5, 0.6) is 0 Å². The van der Waals surface area contributed by atoms with Crippen molar-refractivity contribution < 1.29 is 28.8 Å². The van der Waals surface area contributed by atoms with Crippen molar-refractivity contribution in [2.45, 2.75) is 76.5 Å². The molecule has 15 nitrogen and oxygen atoms in total. The number of carbonyl (C=O) groups excluding carboxylic acids is 6. The molecule has 0 aromatic carbocycles. The Hall–Kier alpha value is -3.75. The number of aliphatic imine (C=N–C) groups is 1. The van der Waals surface area contributed by atoms with Crippen molar-refractivity contribution in [1.82, 2.24) is 16.0 Å². The van der Waals surface area contributed by atoms with Gasteiger partial charge in [-0.1, -0.05) is 13.8 Å². The highest BCUT2D eigenvalue weighted by molar-refractivity contribution is 5.95. The van der Waals surface area contributed by atoms with Crippen LogP contribution in [0, 0.1) is 5.92 Å². The largest absolute Gasteiger partial charge is 0.370 e. The maximum atomic E-state index is 12.9. The molecule has 0 fully saturated rings. The molecule has 15 heteroatoms. The predicted octanol–water partition coefficient (Wildman–Crippen LogP) is -3.79. The first-order valence-electron chi connectivity index (χ1n) is 11.5. The van der Waals surface area contributed by atoms with Gasteiger partial charge in [0.05, 0.1) is 18.5 Å². The third kappa shape index (κ3) is 14.5. The summed E-state index contributed by atoms with van der Waals surface area (Å²) in [6, 6.07) is -4.58. The molecule has 0 rings (SSSR count). The Morgan fingerprint density at radius 1 is 0.833 bits per heavy atom. The first-order chi connectivity index (χ1) is 16.8. The van der Waals surface area contributed by atoms with Crippen LogP contribution in [0.1, 0.15) is 52.4 Å². The van der Waals surface area contributed by atoms with Gasteiger partial charge in [0, 0.05) is 13.0 Å². The number of aldehydes is 1. The molecular formula is C21H39N9O6. The number of carbonyl (C=O) groups is 6. The SMILES string of the molecule is CC(C)C[C@H](N)C(=O)N[C@@H](CCC(N)=O)C(=O)N[C@@H](CC(N)=O)C(=O)N[C@H](C=O)CCCN=C(N)N. The second-order valence-corrected chi connectivity index (χ2v) is 8.73. The van der Waals surface area contributed by atoms with Gasteiger partial charge in [-0.05, 0) is 31.6 Å².